The molecule has 0 spiro atoms. The number of hydrogen-bond acceptors (Lipinski definition) is 7. The molecule has 1 N–H and O–H groups in total. The Labute approximate surface area is 219 Å². The zero-order chi connectivity index (χ0) is 24.7. The number of benzene rings is 2. The predicted molar refractivity (Wildman–Crippen MR) is 137 cm³/mol. The van der Waals surface area contributed by atoms with Crippen molar-refractivity contribution in [1.82, 2.24) is 4.57 Å². The number of rotatable bonds is 4. The van der Waals surface area contributed by atoms with Crippen molar-refractivity contribution in [2.24, 2.45) is 4.99 Å². The number of aromatic nitrogens is 1. The van der Waals surface area contributed by atoms with Gasteiger partial charge in [-0.2, -0.15) is 0 Å². The van der Waals surface area contributed by atoms with Crippen LogP contribution in [0.15, 0.2) is 60.3 Å². The van der Waals surface area contributed by atoms with Crippen LogP contribution in [0.4, 0.5) is 0 Å². The van der Waals surface area contributed by atoms with Gasteiger partial charge >= 0.3 is 5.97 Å². The third kappa shape index (κ3) is 4.35. The van der Waals surface area contributed by atoms with Gasteiger partial charge in [0, 0.05) is 20.6 Å². The number of phenolic OH excluding ortho intramolecular Hbond substituents is 1. The fraction of sp³-hybridized carbons (Fsp3) is 0.174. The number of methoxy groups -OCH3 is 2. The first-order valence-electron chi connectivity index (χ1n) is 9.78. The quantitative estimate of drug-likeness (QED) is 0.436. The molecule has 34 heavy (non-hydrogen) atoms. The number of allylic oxidation sites excluding steroid dienone is 1. The Morgan fingerprint density at radius 3 is 2.68 bits per heavy atom. The van der Waals surface area contributed by atoms with Gasteiger partial charge in [0.25, 0.3) is 5.56 Å². The van der Waals surface area contributed by atoms with Crippen LogP contribution in [-0.4, -0.2) is 29.9 Å². The summed E-state index contributed by atoms with van der Waals surface area (Å²) in [4.78, 5) is 31.4. The first-order chi connectivity index (χ1) is 16.2. The Morgan fingerprint density at radius 2 is 2.00 bits per heavy atom. The molecule has 2 aromatic carbocycles. The van der Waals surface area contributed by atoms with Crippen molar-refractivity contribution in [1.29, 1.82) is 0 Å². The molecule has 0 amide bonds. The largest absolute Gasteiger partial charge is 0.506 e. The molecular weight excluding hydrogens is 612 g/mol. The molecule has 0 unspecified atom stereocenters. The van der Waals surface area contributed by atoms with Crippen LogP contribution >= 0.6 is 54.8 Å². The zero-order valence-electron chi connectivity index (χ0n) is 18.1. The fourth-order valence-electron chi connectivity index (χ4n) is 3.74. The van der Waals surface area contributed by atoms with E-state index in [9.17, 15) is 14.7 Å². The van der Waals surface area contributed by atoms with E-state index in [0.717, 1.165) is 15.8 Å². The molecule has 1 atom stereocenters. The maximum Gasteiger partial charge on any atom is 0.338 e. The van der Waals surface area contributed by atoms with Crippen molar-refractivity contribution < 1.29 is 19.4 Å². The van der Waals surface area contributed by atoms with Gasteiger partial charge in [-0.1, -0.05) is 38.9 Å². The third-order valence-corrected chi connectivity index (χ3v) is 7.54. The molecular formula is C23H17Br2ClN2O5S. The highest BCUT2D eigenvalue weighted by Crippen LogP contribution is 2.37. The van der Waals surface area contributed by atoms with Crippen LogP contribution in [-0.2, 0) is 9.53 Å². The van der Waals surface area contributed by atoms with E-state index in [4.69, 9.17) is 21.1 Å². The van der Waals surface area contributed by atoms with E-state index in [1.54, 1.807) is 43.3 Å². The molecule has 1 aliphatic rings. The molecule has 0 saturated carbocycles. The average Bonchev–Trinajstić information content (AvgIpc) is 3.10. The summed E-state index contributed by atoms with van der Waals surface area (Å²) in [6, 6.07) is 7.51. The van der Waals surface area contributed by atoms with Gasteiger partial charge in [-0.25, -0.2) is 9.79 Å². The monoisotopic (exact) mass is 626 g/mol. The summed E-state index contributed by atoms with van der Waals surface area (Å²) in [6.45, 7) is 1.69. The van der Waals surface area contributed by atoms with Crippen molar-refractivity contribution in [2.75, 3.05) is 14.2 Å². The standard InChI is InChI=1S/C23H17Br2ClN2O5S/c1-10-18(22(31)33-3)19(14-9-13(26)4-5-16(14)32-2)28-21(30)17(34-23(28)27-10)7-11-6-12(24)8-15(25)20(11)29/h4-9,19,29H,1-3H3/b17-7-/t19-/m0/s1. The first kappa shape index (κ1) is 24.7. The minimum atomic E-state index is -0.873. The van der Waals surface area contributed by atoms with E-state index in [-0.39, 0.29) is 16.9 Å². The van der Waals surface area contributed by atoms with Crippen LogP contribution in [0.5, 0.6) is 11.5 Å². The highest BCUT2D eigenvalue weighted by Gasteiger charge is 2.35. The number of phenols is 1. The molecule has 0 aliphatic carbocycles. The number of carbonyl (C=O) groups excluding carboxylic acids is 1. The smallest absolute Gasteiger partial charge is 0.338 e. The summed E-state index contributed by atoms with van der Waals surface area (Å²) >= 11 is 14.1. The fourth-order valence-corrected chi connectivity index (χ4v) is 6.22. The maximum atomic E-state index is 13.7. The molecule has 0 bridgehead atoms. The Morgan fingerprint density at radius 1 is 1.26 bits per heavy atom. The highest BCUT2D eigenvalue weighted by atomic mass is 79.9. The number of fused-ring (bicyclic) bond motifs is 1. The minimum Gasteiger partial charge on any atom is -0.506 e. The SMILES string of the molecule is COC(=O)C1=C(C)N=c2s/c(=C\c3cc(Br)cc(Br)c3O)c(=O)n2[C@H]1c1cc(Cl)ccc1OC. The van der Waals surface area contributed by atoms with Crippen LogP contribution in [0.2, 0.25) is 5.02 Å². The van der Waals surface area contributed by atoms with Crippen molar-refractivity contribution in [3.8, 4) is 11.5 Å². The minimum absolute atomic E-state index is 0.00599. The van der Waals surface area contributed by atoms with Crippen LogP contribution in [0, 0.1) is 0 Å². The summed E-state index contributed by atoms with van der Waals surface area (Å²) in [5, 5.41) is 10.9. The van der Waals surface area contributed by atoms with Gasteiger partial charge in [-0.3, -0.25) is 9.36 Å². The summed E-state index contributed by atoms with van der Waals surface area (Å²) in [5.74, 6) is -0.168. The van der Waals surface area contributed by atoms with Gasteiger partial charge < -0.3 is 14.6 Å². The Hall–Kier alpha value is -2.40. The molecule has 7 nitrogen and oxygen atoms in total. The summed E-state index contributed by atoms with van der Waals surface area (Å²) in [5.41, 5.74) is 1.19. The number of halogens is 3. The second-order valence-electron chi connectivity index (χ2n) is 7.29. The van der Waals surface area contributed by atoms with Crippen LogP contribution in [0.25, 0.3) is 6.08 Å². The lowest BCUT2D eigenvalue weighted by Gasteiger charge is -2.25. The van der Waals surface area contributed by atoms with Crippen molar-refractivity contribution in [3.05, 3.63) is 86.4 Å². The van der Waals surface area contributed by atoms with E-state index in [1.807, 2.05) is 0 Å². The van der Waals surface area contributed by atoms with Crippen molar-refractivity contribution >= 4 is 66.8 Å². The zero-order valence-corrected chi connectivity index (χ0v) is 22.8. The van der Waals surface area contributed by atoms with Crippen LogP contribution in [0.1, 0.15) is 24.1 Å². The summed E-state index contributed by atoms with van der Waals surface area (Å²) < 4.78 is 13.5. The number of thiazole rings is 1. The molecule has 3 aromatic rings. The highest BCUT2D eigenvalue weighted by molar-refractivity contribution is 9.11. The van der Waals surface area contributed by atoms with E-state index in [2.05, 4.69) is 36.9 Å². The molecule has 0 saturated heterocycles. The third-order valence-electron chi connectivity index (χ3n) is 5.26. The summed E-state index contributed by atoms with van der Waals surface area (Å²) in [7, 11) is 2.77. The number of aromatic hydroxyl groups is 1. The second-order valence-corrected chi connectivity index (χ2v) is 10.5. The van der Waals surface area contributed by atoms with Gasteiger partial charge in [0.1, 0.15) is 17.5 Å². The molecule has 1 aliphatic heterocycles. The lowest BCUT2D eigenvalue weighted by molar-refractivity contribution is -0.136. The number of nitrogens with zero attached hydrogens (tertiary/aromatic N) is 2. The maximum absolute atomic E-state index is 13.7. The Balaban J connectivity index is 2.05. The van der Waals surface area contributed by atoms with E-state index < -0.39 is 12.0 Å². The van der Waals surface area contributed by atoms with Crippen LogP contribution in [0.3, 0.4) is 0 Å². The molecule has 0 radical (unpaired) electrons. The molecule has 2 heterocycles. The van der Waals surface area contributed by atoms with Crippen molar-refractivity contribution in [2.45, 2.75) is 13.0 Å². The van der Waals surface area contributed by atoms with Gasteiger partial charge in [0.15, 0.2) is 4.80 Å². The lowest BCUT2D eigenvalue weighted by atomic mass is 9.95. The van der Waals surface area contributed by atoms with Gasteiger partial charge in [-0.15, -0.1) is 0 Å². The van der Waals surface area contributed by atoms with E-state index in [1.165, 1.54) is 18.8 Å². The van der Waals surface area contributed by atoms with Gasteiger partial charge in [0.2, 0.25) is 0 Å². The van der Waals surface area contributed by atoms with Gasteiger partial charge in [0.05, 0.1) is 34.5 Å². The lowest BCUT2D eigenvalue weighted by Crippen LogP contribution is -2.40. The topological polar surface area (TPSA) is 90.1 Å². The number of carbonyl (C=O) groups is 1. The molecule has 0 fully saturated rings. The van der Waals surface area contributed by atoms with Crippen LogP contribution < -0.4 is 19.6 Å². The second kappa shape index (κ2) is 9.69. The Bertz CT molecular complexity index is 1540. The molecule has 11 heteroatoms. The normalized spacial score (nSPS) is 15.7. The van der Waals surface area contributed by atoms with E-state index >= 15 is 0 Å². The predicted octanol–water partition coefficient (Wildman–Crippen LogP) is 4.30. The molecule has 176 valence electrons. The number of ether oxygens (including phenoxy) is 2. The Kier molecular flexibility index (Phi) is 7.04. The average molecular weight is 629 g/mol. The number of esters is 1. The van der Waals surface area contributed by atoms with E-state index in [0.29, 0.717) is 41.4 Å². The molecule has 4 rings (SSSR count). The number of hydrogen-bond donors (Lipinski definition) is 1. The molecule has 1 aromatic heterocycles. The first-order valence-corrected chi connectivity index (χ1v) is 12.6. The van der Waals surface area contributed by atoms with Gasteiger partial charge in [-0.05, 0) is 59.3 Å². The summed E-state index contributed by atoms with van der Waals surface area (Å²) in [6.07, 6.45) is 1.58. The van der Waals surface area contributed by atoms with Crippen molar-refractivity contribution in [3.63, 3.8) is 0 Å².